The Labute approximate surface area is 174 Å². The predicted octanol–water partition coefficient (Wildman–Crippen LogP) is 2.62. The van der Waals surface area contributed by atoms with Crippen molar-refractivity contribution in [1.82, 2.24) is 15.1 Å². The molecule has 2 heterocycles. The predicted molar refractivity (Wildman–Crippen MR) is 117 cm³/mol. The van der Waals surface area contributed by atoms with Gasteiger partial charge in [-0.25, -0.2) is 0 Å². The van der Waals surface area contributed by atoms with Crippen molar-refractivity contribution in [2.45, 2.75) is 19.8 Å². The van der Waals surface area contributed by atoms with Gasteiger partial charge in [0.2, 0.25) is 0 Å². The lowest BCUT2D eigenvalue weighted by atomic mass is 10.3. The van der Waals surface area contributed by atoms with E-state index >= 15 is 0 Å². The monoisotopic (exact) mass is 476 g/mol. The molecule has 0 atom stereocenters. The minimum Gasteiger partial charge on any atom is -0.469 e. The van der Waals surface area contributed by atoms with E-state index in [1.54, 1.807) is 6.26 Å². The Hall–Kier alpha value is -1.06. The largest absolute Gasteiger partial charge is 0.469 e. The summed E-state index contributed by atoms with van der Waals surface area (Å²) in [6.07, 6.45) is 3.62. The first-order valence-corrected chi connectivity index (χ1v) is 9.11. The summed E-state index contributed by atoms with van der Waals surface area (Å²) in [5, 5.41) is 3.44. The number of rotatable bonds is 9. The second kappa shape index (κ2) is 13.2. The fraction of sp³-hybridized carbons (Fsp3) is 0.632. The Morgan fingerprint density at radius 1 is 1.38 bits per heavy atom. The summed E-state index contributed by atoms with van der Waals surface area (Å²) in [6.45, 7) is 13.3. The van der Waals surface area contributed by atoms with Crippen molar-refractivity contribution < 1.29 is 9.15 Å². The molecule has 0 bridgehead atoms. The number of aliphatic imine (C=N–C) groups is 1. The number of hydrogen-bond acceptors (Lipinski definition) is 4. The van der Waals surface area contributed by atoms with E-state index in [4.69, 9.17) is 14.1 Å². The average Bonchev–Trinajstić information content (AvgIpc) is 3.10. The molecule has 1 aliphatic heterocycles. The molecule has 0 amide bonds. The van der Waals surface area contributed by atoms with E-state index < -0.39 is 0 Å². The molecule has 0 unspecified atom stereocenters. The zero-order valence-electron chi connectivity index (χ0n) is 16.1. The summed E-state index contributed by atoms with van der Waals surface area (Å²) in [7, 11) is 2.05. The summed E-state index contributed by atoms with van der Waals surface area (Å²) in [5.74, 6) is 1.92. The van der Waals surface area contributed by atoms with E-state index in [1.165, 1.54) is 0 Å². The van der Waals surface area contributed by atoms with Gasteiger partial charge in [0.05, 0.1) is 19.5 Å². The normalized spacial score (nSPS) is 15.4. The molecular weight excluding hydrogens is 443 g/mol. The standard InChI is InChI=1S/C19H32N4O2.HI/c1-17(2)16-22(3)19(21-9-7-18-6-4-13-25-18)20-8-5-10-23-11-14-24-15-12-23;/h4,6,13H,1,5,7-12,14-16H2,2-3H3,(H,20,21);1H. The lowest BCUT2D eigenvalue weighted by molar-refractivity contribution is 0.0377. The van der Waals surface area contributed by atoms with Crippen molar-refractivity contribution in [1.29, 1.82) is 0 Å². The van der Waals surface area contributed by atoms with Crippen LogP contribution in [0.1, 0.15) is 19.1 Å². The van der Waals surface area contributed by atoms with Crippen molar-refractivity contribution >= 4 is 29.9 Å². The molecule has 1 fully saturated rings. The SMILES string of the molecule is C=C(C)CN(C)C(=NCCCN1CCOCC1)NCCc1ccco1.I. The Morgan fingerprint density at radius 3 is 2.81 bits per heavy atom. The highest BCUT2D eigenvalue weighted by Crippen LogP contribution is 2.01. The highest BCUT2D eigenvalue weighted by atomic mass is 127. The van der Waals surface area contributed by atoms with Crippen molar-refractivity contribution in [3.63, 3.8) is 0 Å². The van der Waals surface area contributed by atoms with Gasteiger partial charge in [-0.15, -0.1) is 24.0 Å². The fourth-order valence-corrected chi connectivity index (χ4v) is 2.85. The molecule has 1 aromatic rings. The summed E-state index contributed by atoms with van der Waals surface area (Å²) in [5.41, 5.74) is 1.12. The summed E-state index contributed by atoms with van der Waals surface area (Å²) in [4.78, 5) is 9.35. The molecule has 0 radical (unpaired) electrons. The van der Waals surface area contributed by atoms with Crippen LogP contribution in [0.15, 0.2) is 40.0 Å². The van der Waals surface area contributed by atoms with Crippen molar-refractivity contribution in [3.05, 3.63) is 36.3 Å². The van der Waals surface area contributed by atoms with E-state index in [0.717, 1.165) is 82.6 Å². The molecule has 26 heavy (non-hydrogen) atoms. The quantitative estimate of drug-likeness (QED) is 0.195. The van der Waals surface area contributed by atoms with Gasteiger partial charge in [-0.05, 0) is 25.5 Å². The molecule has 1 saturated heterocycles. The van der Waals surface area contributed by atoms with Crippen LogP contribution < -0.4 is 5.32 Å². The van der Waals surface area contributed by atoms with E-state index in [0.29, 0.717) is 0 Å². The number of likely N-dealkylation sites (N-methyl/N-ethyl adjacent to an activating group) is 1. The highest BCUT2D eigenvalue weighted by Gasteiger charge is 2.10. The maximum atomic E-state index is 5.39. The first kappa shape index (κ1) is 23.0. The second-order valence-corrected chi connectivity index (χ2v) is 6.58. The smallest absolute Gasteiger partial charge is 0.193 e. The van der Waals surface area contributed by atoms with Gasteiger partial charge >= 0.3 is 0 Å². The Kier molecular flexibility index (Phi) is 11.6. The molecule has 1 aromatic heterocycles. The van der Waals surface area contributed by atoms with Gasteiger partial charge in [0.15, 0.2) is 5.96 Å². The summed E-state index contributed by atoms with van der Waals surface area (Å²) >= 11 is 0. The number of hydrogen-bond donors (Lipinski definition) is 1. The van der Waals surface area contributed by atoms with Gasteiger partial charge in [-0.1, -0.05) is 12.2 Å². The topological polar surface area (TPSA) is 53.2 Å². The van der Waals surface area contributed by atoms with Crippen molar-refractivity contribution in [2.24, 2.45) is 4.99 Å². The minimum absolute atomic E-state index is 0. The molecular formula is C19H33IN4O2. The van der Waals surface area contributed by atoms with E-state index in [1.807, 2.05) is 19.1 Å². The van der Waals surface area contributed by atoms with Crippen LogP contribution in [-0.2, 0) is 11.2 Å². The van der Waals surface area contributed by atoms with Crippen LogP contribution in [0.4, 0.5) is 0 Å². The lowest BCUT2D eigenvalue weighted by Gasteiger charge is -2.26. The summed E-state index contributed by atoms with van der Waals surface area (Å²) in [6, 6.07) is 3.92. The molecule has 0 aliphatic carbocycles. The third-order valence-corrected chi connectivity index (χ3v) is 4.10. The van der Waals surface area contributed by atoms with Crippen LogP contribution in [-0.4, -0.2) is 75.3 Å². The Bertz CT molecular complexity index is 528. The number of morpholine rings is 1. The molecule has 2 rings (SSSR count). The summed E-state index contributed by atoms with van der Waals surface area (Å²) < 4.78 is 10.8. The zero-order valence-corrected chi connectivity index (χ0v) is 18.4. The molecule has 1 aliphatic rings. The molecule has 0 aromatic carbocycles. The number of guanidine groups is 1. The minimum atomic E-state index is 0. The third-order valence-electron chi connectivity index (χ3n) is 4.10. The van der Waals surface area contributed by atoms with Crippen molar-refractivity contribution in [3.8, 4) is 0 Å². The highest BCUT2D eigenvalue weighted by molar-refractivity contribution is 14.0. The van der Waals surface area contributed by atoms with Crippen LogP contribution in [0.2, 0.25) is 0 Å². The zero-order chi connectivity index (χ0) is 17.9. The lowest BCUT2D eigenvalue weighted by Crippen LogP contribution is -2.41. The van der Waals surface area contributed by atoms with Crippen LogP contribution in [0.3, 0.4) is 0 Å². The van der Waals surface area contributed by atoms with Gasteiger partial charge in [-0.3, -0.25) is 9.89 Å². The van der Waals surface area contributed by atoms with Crippen molar-refractivity contribution in [2.75, 3.05) is 59.5 Å². The Morgan fingerprint density at radius 2 is 2.15 bits per heavy atom. The molecule has 1 N–H and O–H groups in total. The van der Waals surface area contributed by atoms with Gasteiger partial charge in [0, 0.05) is 52.7 Å². The second-order valence-electron chi connectivity index (χ2n) is 6.58. The van der Waals surface area contributed by atoms with Gasteiger partial charge in [0.25, 0.3) is 0 Å². The van der Waals surface area contributed by atoms with E-state index in [2.05, 4.69) is 28.7 Å². The third kappa shape index (κ3) is 9.05. The van der Waals surface area contributed by atoms with Crippen LogP contribution in [0, 0.1) is 0 Å². The molecule has 148 valence electrons. The fourth-order valence-electron chi connectivity index (χ4n) is 2.85. The number of nitrogens with one attached hydrogen (secondary N) is 1. The first-order chi connectivity index (χ1) is 12.1. The molecule has 0 spiro atoms. The van der Waals surface area contributed by atoms with Gasteiger partial charge in [-0.2, -0.15) is 0 Å². The number of ether oxygens (including phenoxy) is 1. The number of furan rings is 1. The van der Waals surface area contributed by atoms with Crippen LogP contribution in [0.25, 0.3) is 0 Å². The number of nitrogens with zero attached hydrogens (tertiary/aromatic N) is 3. The van der Waals surface area contributed by atoms with Crippen LogP contribution in [0.5, 0.6) is 0 Å². The van der Waals surface area contributed by atoms with Gasteiger partial charge < -0.3 is 19.4 Å². The van der Waals surface area contributed by atoms with Crippen LogP contribution >= 0.6 is 24.0 Å². The molecule has 0 saturated carbocycles. The van der Waals surface area contributed by atoms with Gasteiger partial charge in [0.1, 0.15) is 5.76 Å². The Balaban J connectivity index is 0.00000338. The maximum Gasteiger partial charge on any atom is 0.193 e. The van der Waals surface area contributed by atoms with E-state index in [-0.39, 0.29) is 24.0 Å². The average molecular weight is 476 g/mol. The first-order valence-electron chi connectivity index (χ1n) is 9.11. The molecule has 7 heteroatoms. The number of halogens is 1. The van der Waals surface area contributed by atoms with E-state index in [9.17, 15) is 0 Å². The molecule has 6 nitrogen and oxygen atoms in total. The maximum absolute atomic E-state index is 5.39.